The molecular formula is C2H2Cl7OP. The van der Waals surface area contributed by atoms with Gasteiger partial charge < -0.3 is 0 Å². The summed E-state index contributed by atoms with van der Waals surface area (Å²) in [7, 11) is 0. The average Bonchev–Trinajstić information content (AvgIpc) is 1.57. The molecule has 1 nitrogen and oxygen atoms in total. The maximum atomic E-state index is 5.40. The summed E-state index contributed by atoms with van der Waals surface area (Å²) < 4.78 is 0.431. The van der Waals surface area contributed by atoms with Crippen molar-refractivity contribution < 1.29 is 4.52 Å². The first-order valence-corrected chi connectivity index (χ1v) is 9.17. The van der Waals surface area contributed by atoms with Crippen LogP contribution < -0.4 is 0 Å². The van der Waals surface area contributed by atoms with E-state index < -0.39 is 14.6 Å². The summed E-state index contributed by atoms with van der Waals surface area (Å²) in [6.45, 7) is 0. The second-order valence-electron chi connectivity index (χ2n) is 1.45. The molecule has 0 saturated heterocycles. The van der Waals surface area contributed by atoms with Crippen LogP contribution in [-0.4, -0.2) is 10.4 Å². The molecule has 0 aromatic carbocycles. The molecule has 0 aliphatic heterocycles. The van der Waals surface area contributed by atoms with Crippen molar-refractivity contribution in [1.82, 2.24) is 0 Å². The molecule has 0 heterocycles. The Kier molecular flexibility index (Phi) is 5.24. The maximum absolute atomic E-state index is 5.40. The molecule has 0 aromatic rings. The van der Waals surface area contributed by atoms with Crippen molar-refractivity contribution in [3.8, 4) is 0 Å². The van der Waals surface area contributed by atoms with Crippen LogP contribution in [0.3, 0.4) is 0 Å². The summed E-state index contributed by atoms with van der Waals surface area (Å²) in [6, 6.07) is 0. The molecule has 0 bridgehead atoms. The minimum absolute atomic E-state index is 1.01. The fourth-order valence-electron chi connectivity index (χ4n) is 0.198. The number of alkyl halides is 3. The molecule has 70 valence electrons. The van der Waals surface area contributed by atoms with Gasteiger partial charge in [-0.05, 0) is 0 Å². The molecule has 0 saturated carbocycles. The van der Waals surface area contributed by atoms with Crippen LogP contribution >= 0.6 is 84.0 Å². The SMILES string of the molecule is ClC(Cl)C(Cl)OP(Cl)(Cl)(Cl)Cl. The van der Waals surface area contributed by atoms with Crippen molar-refractivity contribution in [3.05, 3.63) is 0 Å². The first-order valence-electron chi connectivity index (χ1n) is 2.08. The molecular weight excluding hydrogens is 319 g/mol. The zero-order valence-electron chi connectivity index (χ0n) is 4.66. The predicted molar refractivity (Wildman–Crippen MR) is 56.6 cm³/mol. The van der Waals surface area contributed by atoms with Crippen molar-refractivity contribution in [1.29, 1.82) is 0 Å². The molecule has 0 aromatic heterocycles. The molecule has 0 spiro atoms. The Bertz CT molecular complexity index is 130. The molecule has 1 unspecified atom stereocenters. The Morgan fingerprint density at radius 1 is 0.909 bits per heavy atom. The normalized spacial score (nSPS) is 19.5. The van der Waals surface area contributed by atoms with Gasteiger partial charge in [0.05, 0.1) is 0 Å². The van der Waals surface area contributed by atoms with E-state index in [0.29, 0.717) is 0 Å². The van der Waals surface area contributed by atoms with Gasteiger partial charge in [-0.15, -0.1) is 0 Å². The zero-order valence-corrected chi connectivity index (χ0v) is 10.8. The van der Waals surface area contributed by atoms with Gasteiger partial charge >= 0.3 is 98.9 Å². The number of hydrogen-bond donors (Lipinski definition) is 0. The van der Waals surface area contributed by atoms with Crippen LogP contribution in [0.4, 0.5) is 0 Å². The molecule has 0 fully saturated rings. The van der Waals surface area contributed by atoms with Crippen molar-refractivity contribution in [2.75, 3.05) is 0 Å². The van der Waals surface area contributed by atoms with E-state index in [4.69, 9.17) is 79.8 Å². The van der Waals surface area contributed by atoms with Crippen LogP contribution in [0.15, 0.2) is 0 Å². The standard InChI is InChI=1S/C2H2Cl7OP/c3-1(4)2(5)10-11(6,7,8)9/h1-2H. The number of hydrogen-bond acceptors (Lipinski definition) is 1. The molecule has 0 aliphatic carbocycles. The van der Waals surface area contributed by atoms with E-state index in [2.05, 4.69) is 4.52 Å². The molecule has 0 rings (SSSR count). The number of halogens is 7. The number of rotatable bonds is 3. The molecule has 0 radical (unpaired) electrons. The Labute approximate surface area is 98.3 Å². The molecule has 0 amide bonds. The van der Waals surface area contributed by atoms with Crippen molar-refractivity contribution >= 4 is 84.0 Å². The van der Waals surface area contributed by atoms with E-state index in [-0.39, 0.29) is 0 Å². The molecule has 1 atom stereocenters. The predicted octanol–water partition coefficient (Wildman–Crippen LogP) is 5.46. The van der Waals surface area contributed by atoms with E-state index in [9.17, 15) is 0 Å². The summed E-state index contributed by atoms with van der Waals surface area (Å²) in [5, 5.41) is 0. The van der Waals surface area contributed by atoms with Gasteiger partial charge in [-0.1, -0.05) is 0 Å². The zero-order chi connectivity index (χ0) is 9.31. The van der Waals surface area contributed by atoms with Gasteiger partial charge in [0.25, 0.3) is 0 Å². The van der Waals surface area contributed by atoms with Crippen LogP contribution in [0.1, 0.15) is 0 Å². The van der Waals surface area contributed by atoms with E-state index >= 15 is 0 Å². The summed E-state index contributed by atoms with van der Waals surface area (Å²) in [6.07, 6.45) is 0. The van der Waals surface area contributed by atoms with Crippen molar-refractivity contribution in [2.45, 2.75) is 10.4 Å². The van der Waals surface area contributed by atoms with Crippen LogP contribution in [0.25, 0.3) is 0 Å². The molecule has 9 heteroatoms. The third kappa shape index (κ3) is 8.74. The Morgan fingerprint density at radius 3 is 1.36 bits per heavy atom. The average molecular weight is 321 g/mol. The summed E-state index contributed by atoms with van der Waals surface area (Å²) in [4.78, 5) is -1.01. The van der Waals surface area contributed by atoms with Gasteiger partial charge in [0.15, 0.2) is 0 Å². The van der Waals surface area contributed by atoms with Gasteiger partial charge in [-0.25, -0.2) is 0 Å². The Hall–Kier alpha value is 2.42. The minimum atomic E-state index is -4.15. The summed E-state index contributed by atoms with van der Waals surface area (Å²) in [5.74, 6) is 0. The van der Waals surface area contributed by atoms with E-state index in [0.717, 1.165) is 0 Å². The van der Waals surface area contributed by atoms with Crippen LogP contribution in [0.5, 0.6) is 0 Å². The van der Waals surface area contributed by atoms with Gasteiger partial charge in [-0.2, -0.15) is 0 Å². The van der Waals surface area contributed by atoms with E-state index in [1.807, 2.05) is 0 Å². The second kappa shape index (κ2) is 4.29. The third-order valence-corrected chi connectivity index (χ3v) is 3.14. The van der Waals surface area contributed by atoms with Gasteiger partial charge in [0, 0.05) is 0 Å². The molecule has 0 aliphatic rings. The van der Waals surface area contributed by atoms with Crippen molar-refractivity contribution in [2.24, 2.45) is 0 Å². The monoisotopic (exact) mass is 318 g/mol. The van der Waals surface area contributed by atoms with Gasteiger partial charge in [-0.3, -0.25) is 0 Å². The Balaban J connectivity index is 4.06. The first-order chi connectivity index (χ1) is 4.58. The topological polar surface area (TPSA) is 9.23 Å². The van der Waals surface area contributed by atoms with Crippen molar-refractivity contribution in [3.63, 3.8) is 0 Å². The van der Waals surface area contributed by atoms with E-state index in [1.54, 1.807) is 0 Å². The fourth-order valence-corrected chi connectivity index (χ4v) is 2.87. The quantitative estimate of drug-likeness (QED) is 0.496. The summed E-state index contributed by atoms with van der Waals surface area (Å²) in [5.41, 5.74) is -1.14. The van der Waals surface area contributed by atoms with Crippen LogP contribution in [-0.2, 0) is 4.52 Å². The van der Waals surface area contributed by atoms with E-state index in [1.165, 1.54) is 0 Å². The van der Waals surface area contributed by atoms with Crippen LogP contribution in [0.2, 0.25) is 0 Å². The molecule has 11 heavy (non-hydrogen) atoms. The third-order valence-electron chi connectivity index (χ3n) is 0.458. The first kappa shape index (κ1) is 13.4. The van der Waals surface area contributed by atoms with Gasteiger partial charge in [0.2, 0.25) is 0 Å². The van der Waals surface area contributed by atoms with Gasteiger partial charge in [0.1, 0.15) is 0 Å². The van der Waals surface area contributed by atoms with Crippen LogP contribution in [0, 0.1) is 0 Å². The Morgan fingerprint density at radius 2 is 1.27 bits per heavy atom. The fraction of sp³-hybridized carbons (Fsp3) is 1.00. The second-order valence-corrected chi connectivity index (χ2v) is 15.4. The molecule has 0 N–H and O–H groups in total. The summed E-state index contributed by atoms with van der Waals surface area (Å²) >= 11 is 37.3.